The van der Waals surface area contributed by atoms with Gasteiger partial charge in [-0.1, -0.05) is 18.9 Å². The molecule has 0 aromatic heterocycles. The van der Waals surface area contributed by atoms with E-state index in [1.54, 1.807) is 11.0 Å². The molecule has 21 heavy (non-hydrogen) atoms. The maximum atomic E-state index is 12.7. The predicted octanol–water partition coefficient (Wildman–Crippen LogP) is 2.29. The SMILES string of the molecule is CC1CCCCCN1C(=O)c1cccc(NN)c1[N+](=O)[O-]. The molecule has 7 nitrogen and oxygen atoms in total. The van der Waals surface area contributed by atoms with Crippen molar-refractivity contribution in [1.29, 1.82) is 0 Å². The number of likely N-dealkylation sites (tertiary alicyclic amines) is 1. The van der Waals surface area contributed by atoms with Gasteiger partial charge in [-0.05, 0) is 31.9 Å². The first-order valence-electron chi connectivity index (χ1n) is 7.11. The molecule has 0 saturated carbocycles. The summed E-state index contributed by atoms with van der Waals surface area (Å²) in [5.41, 5.74) is 2.26. The van der Waals surface area contributed by atoms with E-state index >= 15 is 0 Å². The molecule has 0 radical (unpaired) electrons. The van der Waals surface area contributed by atoms with Gasteiger partial charge in [0.2, 0.25) is 0 Å². The van der Waals surface area contributed by atoms with E-state index in [9.17, 15) is 14.9 Å². The number of carbonyl (C=O) groups is 1. The minimum Gasteiger partial charge on any atom is -0.336 e. The van der Waals surface area contributed by atoms with E-state index in [4.69, 9.17) is 5.84 Å². The Morgan fingerprint density at radius 3 is 2.86 bits per heavy atom. The van der Waals surface area contributed by atoms with Crippen LogP contribution in [-0.2, 0) is 0 Å². The number of hydrazine groups is 1. The van der Waals surface area contributed by atoms with E-state index in [2.05, 4.69) is 5.43 Å². The highest BCUT2D eigenvalue weighted by Gasteiger charge is 2.30. The van der Waals surface area contributed by atoms with E-state index in [1.807, 2.05) is 6.92 Å². The average Bonchev–Trinajstić information content (AvgIpc) is 2.70. The lowest BCUT2D eigenvalue weighted by molar-refractivity contribution is -0.384. The number of rotatable bonds is 3. The molecule has 0 spiro atoms. The second kappa shape index (κ2) is 6.53. The van der Waals surface area contributed by atoms with Crippen LogP contribution >= 0.6 is 0 Å². The van der Waals surface area contributed by atoms with Crippen molar-refractivity contribution in [3.63, 3.8) is 0 Å². The second-order valence-corrected chi connectivity index (χ2v) is 5.30. The molecule has 1 fully saturated rings. The molecule has 1 aromatic rings. The maximum Gasteiger partial charge on any atom is 0.306 e. The fraction of sp³-hybridized carbons (Fsp3) is 0.500. The lowest BCUT2D eigenvalue weighted by Crippen LogP contribution is -2.38. The van der Waals surface area contributed by atoms with Crippen molar-refractivity contribution >= 4 is 17.3 Å². The number of nitrogens with zero attached hydrogens (tertiary/aromatic N) is 2. The molecule has 1 amide bonds. The molecule has 7 heteroatoms. The molecular formula is C14H20N4O3. The Hall–Kier alpha value is -2.15. The fourth-order valence-electron chi connectivity index (χ4n) is 2.76. The van der Waals surface area contributed by atoms with Gasteiger partial charge in [0.15, 0.2) is 0 Å². The molecule has 1 atom stereocenters. The monoisotopic (exact) mass is 292 g/mol. The van der Waals surface area contributed by atoms with Crippen LogP contribution in [0.2, 0.25) is 0 Å². The molecule has 2 rings (SSSR count). The number of benzene rings is 1. The number of nitrogens with two attached hydrogens (primary N) is 1. The topological polar surface area (TPSA) is 102 Å². The van der Waals surface area contributed by atoms with Gasteiger partial charge >= 0.3 is 5.69 Å². The van der Waals surface area contributed by atoms with Crippen molar-refractivity contribution < 1.29 is 9.72 Å². The largest absolute Gasteiger partial charge is 0.336 e. The van der Waals surface area contributed by atoms with Crippen molar-refractivity contribution in [2.75, 3.05) is 12.0 Å². The van der Waals surface area contributed by atoms with E-state index in [1.165, 1.54) is 12.1 Å². The molecule has 1 aliphatic heterocycles. The van der Waals surface area contributed by atoms with E-state index in [0.717, 1.165) is 25.7 Å². The molecule has 0 aliphatic carbocycles. The van der Waals surface area contributed by atoms with Crippen molar-refractivity contribution in [2.24, 2.45) is 5.84 Å². The van der Waals surface area contributed by atoms with E-state index in [-0.39, 0.29) is 28.9 Å². The van der Waals surface area contributed by atoms with Crippen molar-refractivity contribution in [3.8, 4) is 0 Å². The first-order valence-corrected chi connectivity index (χ1v) is 7.11. The Morgan fingerprint density at radius 2 is 2.19 bits per heavy atom. The summed E-state index contributed by atoms with van der Waals surface area (Å²) in [5.74, 6) is 5.01. The number of nitro groups is 1. The number of amides is 1. The van der Waals surface area contributed by atoms with Crippen LogP contribution in [0.25, 0.3) is 0 Å². The third kappa shape index (κ3) is 3.13. The number of carbonyl (C=O) groups excluding carboxylic acids is 1. The smallest absolute Gasteiger partial charge is 0.306 e. The zero-order valence-corrected chi connectivity index (χ0v) is 12.0. The number of nitrogens with one attached hydrogen (secondary N) is 1. The molecule has 1 saturated heterocycles. The Morgan fingerprint density at radius 1 is 1.43 bits per heavy atom. The molecule has 1 heterocycles. The summed E-state index contributed by atoms with van der Waals surface area (Å²) in [6, 6.07) is 4.66. The van der Waals surface area contributed by atoms with Gasteiger partial charge in [-0.3, -0.25) is 20.8 Å². The van der Waals surface area contributed by atoms with E-state index in [0.29, 0.717) is 6.54 Å². The quantitative estimate of drug-likeness (QED) is 0.505. The van der Waals surface area contributed by atoms with Crippen LogP contribution in [0.5, 0.6) is 0 Å². The predicted molar refractivity (Wildman–Crippen MR) is 79.9 cm³/mol. The number of nitro benzene ring substituents is 1. The van der Waals surface area contributed by atoms with Crippen molar-refractivity contribution in [2.45, 2.75) is 38.6 Å². The molecule has 0 bridgehead atoms. The summed E-state index contributed by atoms with van der Waals surface area (Å²) < 4.78 is 0. The van der Waals surface area contributed by atoms with Crippen LogP contribution in [0.1, 0.15) is 43.0 Å². The molecule has 3 N–H and O–H groups in total. The normalized spacial score (nSPS) is 19.0. The van der Waals surface area contributed by atoms with Gasteiger partial charge in [0.1, 0.15) is 11.3 Å². The standard InChI is InChI=1S/C14H20N4O3/c1-10-6-3-2-4-9-17(10)14(19)11-7-5-8-12(16-15)13(11)18(20)21/h5,7-8,10,16H,2-4,6,9,15H2,1H3. The summed E-state index contributed by atoms with van der Waals surface area (Å²) in [7, 11) is 0. The van der Waals surface area contributed by atoms with Crippen LogP contribution in [-0.4, -0.2) is 28.3 Å². The maximum absolute atomic E-state index is 12.7. The number of hydrogen-bond acceptors (Lipinski definition) is 5. The summed E-state index contributed by atoms with van der Waals surface area (Å²) in [4.78, 5) is 25.2. The van der Waals surface area contributed by atoms with Gasteiger partial charge in [-0.25, -0.2) is 0 Å². The molecule has 114 valence electrons. The van der Waals surface area contributed by atoms with Gasteiger partial charge in [0.25, 0.3) is 5.91 Å². The molecule has 1 unspecified atom stereocenters. The van der Waals surface area contributed by atoms with Crippen LogP contribution in [0, 0.1) is 10.1 Å². The Labute approximate surface area is 123 Å². The minimum absolute atomic E-state index is 0.0872. The summed E-state index contributed by atoms with van der Waals surface area (Å²) >= 11 is 0. The summed E-state index contributed by atoms with van der Waals surface area (Å²) in [5, 5.41) is 11.3. The highest BCUT2D eigenvalue weighted by molar-refractivity contribution is 6.00. The van der Waals surface area contributed by atoms with Crippen molar-refractivity contribution in [3.05, 3.63) is 33.9 Å². The number of nitrogen functional groups attached to an aromatic ring is 1. The van der Waals surface area contributed by atoms with Crippen LogP contribution in [0.3, 0.4) is 0 Å². The van der Waals surface area contributed by atoms with Gasteiger partial charge in [-0.15, -0.1) is 0 Å². The Balaban J connectivity index is 2.40. The van der Waals surface area contributed by atoms with Gasteiger partial charge in [0.05, 0.1) is 4.92 Å². The number of para-hydroxylation sites is 1. The summed E-state index contributed by atoms with van der Waals surface area (Å²) in [6.07, 6.45) is 4.02. The highest BCUT2D eigenvalue weighted by atomic mass is 16.6. The van der Waals surface area contributed by atoms with Crippen LogP contribution < -0.4 is 11.3 Å². The van der Waals surface area contributed by atoms with Gasteiger partial charge in [0, 0.05) is 12.6 Å². The highest BCUT2D eigenvalue weighted by Crippen LogP contribution is 2.30. The lowest BCUT2D eigenvalue weighted by atomic mass is 10.1. The van der Waals surface area contributed by atoms with Crippen LogP contribution in [0.15, 0.2) is 18.2 Å². The minimum atomic E-state index is -0.565. The van der Waals surface area contributed by atoms with Crippen molar-refractivity contribution in [1.82, 2.24) is 4.90 Å². The number of hydrogen-bond donors (Lipinski definition) is 2. The first-order chi connectivity index (χ1) is 10.1. The molecule has 1 aromatic carbocycles. The van der Waals surface area contributed by atoms with Gasteiger partial charge in [-0.2, -0.15) is 0 Å². The lowest BCUT2D eigenvalue weighted by Gasteiger charge is -2.27. The molecule has 1 aliphatic rings. The third-order valence-electron chi connectivity index (χ3n) is 3.92. The van der Waals surface area contributed by atoms with Gasteiger partial charge < -0.3 is 10.3 Å². The molecular weight excluding hydrogens is 272 g/mol. The third-order valence-corrected chi connectivity index (χ3v) is 3.92. The zero-order chi connectivity index (χ0) is 15.4. The first kappa shape index (κ1) is 15.2. The average molecular weight is 292 g/mol. The van der Waals surface area contributed by atoms with Crippen LogP contribution in [0.4, 0.5) is 11.4 Å². The second-order valence-electron chi connectivity index (χ2n) is 5.30. The summed E-state index contributed by atoms with van der Waals surface area (Å²) in [6.45, 7) is 2.62. The van der Waals surface area contributed by atoms with E-state index < -0.39 is 4.92 Å². The zero-order valence-electron chi connectivity index (χ0n) is 12.0. The number of anilines is 1. The fourth-order valence-corrected chi connectivity index (χ4v) is 2.76. The Kier molecular flexibility index (Phi) is 4.74. The Bertz CT molecular complexity index is 547.